The smallest absolute Gasteiger partial charge is 0.344 e. The van der Waals surface area contributed by atoms with Gasteiger partial charge in [0.2, 0.25) is 0 Å². The highest BCUT2D eigenvalue weighted by atomic mass is 16.5. The Labute approximate surface area is 202 Å². The molecule has 0 saturated heterocycles. The molecular weight excluding hydrogens is 440 g/mol. The van der Waals surface area contributed by atoms with Gasteiger partial charge in [-0.05, 0) is 43.7 Å². The number of carbonyl (C=O) groups excluding carboxylic acids is 2. The minimum atomic E-state index is -0.565. The average molecular weight is 465 g/mol. The number of esters is 1. The van der Waals surface area contributed by atoms with E-state index in [1.807, 2.05) is 72.2 Å². The summed E-state index contributed by atoms with van der Waals surface area (Å²) in [6.07, 6.45) is 0. The van der Waals surface area contributed by atoms with Gasteiger partial charge in [-0.25, -0.2) is 14.8 Å². The summed E-state index contributed by atoms with van der Waals surface area (Å²) in [7, 11) is 0. The van der Waals surface area contributed by atoms with Gasteiger partial charge in [-0.2, -0.15) is 0 Å². The average Bonchev–Trinajstić information content (AvgIpc) is 3.20. The monoisotopic (exact) mass is 464 g/mol. The lowest BCUT2D eigenvalue weighted by Crippen LogP contribution is -2.20. The van der Waals surface area contributed by atoms with Crippen molar-refractivity contribution in [3.8, 4) is 0 Å². The van der Waals surface area contributed by atoms with Gasteiger partial charge in [-0.1, -0.05) is 60.7 Å². The van der Waals surface area contributed by atoms with Crippen LogP contribution in [0.1, 0.15) is 46.2 Å². The second-order valence-corrected chi connectivity index (χ2v) is 8.11. The number of aromatic nitrogens is 3. The largest absolute Gasteiger partial charge is 0.462 e. The highest BCUT2D eigenvalue weighted by Crippen LogP contribution is 2.36. The van der Waals surface area contributed by atoms with Crippen LogP contribution in [0.15, 0.2) is 84.9 Å². The summed E-state index contributed by atoms with van der Waals surface area (Å²) in [5, 5.41) is 2.97. The third kappa shape index (κ3) is 4.12. The van der Waals surface area contributed by atoms with Crippen LogP contribution in [0.5, 0.6) is 0 Å². The first kappa shape index (κ1) is 22.3. The fraction of sp³-hybridized carbons (Fsp3) is 0.143. The number of fused-ring (bicyclic) bond motifs is 2. The second-order valence-electron chi connectivity index (χ2n) is 8.11. The summed E-state index contributed by atoms with van der Waals surface area (Å²) >= 11 is 0. The molecule has 0 saturated carbocycles. The summed E-state index contributed by atoms with van der Waals surface area (Å²) in [6.45, 7) is 3.93. The van der Waals surface area contributed by atoms with Crippen LogP contribution in [-0.4, -0.2) is 33.0 Å². The molecule has 2 heterocycles. The number of nitrogens with one attached hydrogen (secondary N) is 1. The molecule has 0 aliphatic heterocycles. The molecule has 1 atom stereocenters. The van der Waals surface area contributed by atoms with Crippen molar-refractivity contribution in [2.24, 2.45) is 0 Å². The fourth-order valence-corrected chi connectivity index (χ4v) is 4.21. The zero-order valence-electron chi connectivity index (χ0n) is 19.4. The summed E-state index contributed by atoms with van der Waals surface area (Å²) in [5.41, 5.74) is 3.86. The van der Waals surface area contributed by atoms with Gasteiger partial charge >= 0.3 is 5.97 Å². The van der Waals surface area contributed by atoms with E-state index >= 15 is 0 Å². The molecule has 5 aromatic rings. The Morgan fingerprint density at radius 1 is 0.886 bits per heavy atom. The zero-order valence-corrected chi connectivity index (χ0v) is 19.4. The van der Waals surface area contributed by atoms with Crippen LogP contribution in [0.3, 0.4) is 0 Å². The molecule has 0 aliphatic carbocycles. The molecule has 1 N–H and O–H groups in total. The Balaban J connectivity index is 1.81. The minimum Gasteiger partial charge on any atom is -0.462 e. The van der Waals surface area contributed by atoms with Crippen molar-refractivity contribution in [1.29, 1.82) is 0 Å². The van der Waals surface area contributed by atoms with Gasteiger partial charge in [0.25, 0.3) is 5.91 Å². The van der Waals surface area contributed by atoms with Crippen LogP contribution < -0.4 is 5.32 Å². The molecule has 2 aromatic heterocycles. The van der Waals surface area contributed by atoms with Crippen LogP contribution >= 0.6 is 0 Å². The number of anilines is 1. The number of nitrogens with zero attached hydrogens (tertiary/aromatic N) is 3. The van der Waals surface area contributed by atoms with Gasteiger partial charge in [-0.15, -0.1) is 0 Å². The van der Waals surface area contributed by atoms with Crippen molar-refractivity contribution >= 4 is 39.9 Å². The van der Waals surface area contributed by atoms with E-state index in [0.29, 0.717) is 33.6 Å². The van der Waals surface area contributed by atoms with E-state index in [1.54, 1.807) is 31.2 Å². The number of rotatable bonds is 6. The summed E-state index contributed by atoms with van der Waals surface area (Å²) in [4.78, 5) is 36.2. The third-order valence-electron chi connectivity index (χ3n) is 5.91. The van der Waals surface area contributed by atoms with Crippen molar-refractivity contribution < 1.29 is 14.3 Å². The Morgan fingerprint density at radius 3 is 2.14 bits per heavy atom. The first-order valence-corrected chi connectivity index (χ1v) is 11.5. The first-order valence-electron chi connectivity index (χ1n) is 11.5. The number of para-hydroxylation sites is 2. The lowest BCUT2D eigenvalue weighted by Gasteiger charge is -2.19. The van der Waals surface area contributed by atoms with Crippen molar-refractivity contribution in [3.05, 3.63) is 102 Å². The Hall–Kier alpha value is -4.52. The molecule has 7 nitrogen and oxygen atoms in total. The highest BCUT2D eigenvalue weighted by Gasteiger charge is 2.30. The predicted octanol–water partition coefficient (Wildman–Crippen LogP) is 5.62. The molecule has 174 valence electrons. The summed E-state index contributed by atoms with van der Waals surface area (Å²) < 4.78 is 7.26. The normalized spacial score (nSPS) is 11.9. The number of hydrogen-bond acceptors (Lipinski definition) is 5. The molecule has 0 aliphatic rings. The van der Waals surface area contributed by atoms with Crippen LogP contribution in [0.25, 0.3) is 22.2 Å². The van der Waals surface area contributed by atoms with Crippen molar-refractivity contribution in [2.45, 2.75) is 19.9 Å². The van der Waals surface area contributed by atoms with Crippen molar-refractivity contribution in [2.75, 3.05) is 11.9 Å². The van der Waals surface area contributed by atoms with E-state index in [-0.39, 0.29) is 24.1 Å². The van der Waals surface area contributed by atoms with E-state index in [2.05, 4.69) is 5.32 Å². The summed E-state index contributed by atoms with van der Waals surface area (Å²) in [5.74, 6) is -0.603. The lowest BCUT2D eigenvalue weighted by molar-refractivity contribution is 0.0529. The predicted molar refractivity (Wildman–Crippen MR) is 136 cm³/mol. The van der Waals surface area contributed by atoms with E-state index in [0.717, 1.165) is 5.56 Å². The molecule has 35 heavy (non-hydrogen) atoms. The molecule has 0 radical (unpaired) electrons. The Bertz CT molecular complexity index is 1530. The molecule has 3 aromatic carbocycles. The number of ether oxygens (including phenoxy) is 1. The van der Waals surface area contributed by atoms with E-state index < -0.39 is 5.97 Å². The molecule has 1 unspecified atom stereocenters. The molecule has 1 amide bonds. The van der Waals surface area contributed by atoms with Crippen LogP contribution in [0.2, 0.25) is 0 Å². The van der Waals surface area contributed by atoms with Gasteiger partial charge in [0, 0.05) is 5.56 Å². The number of amides is 1. The maximum absolute atomic E-state index is 13.3. The van der Waals surface area contributed by atoms with Crippen molar-refractivity contribution in [3.63, 3.8) is 0 Å². The molecular formula is C28H24N4O3. The van der Waals surface area contributed by atoms with Gasteiger partial charge < -0.3 is 14.6 Å². The van der Waals surface area contributed by atoms with Gasteiger partial charge in [0.15, 0.2) is 5.65 Å². The van der Waals surface area contributed by atoms with Gasteiger partial charge in [0.05, 0.1) is 23.7 Å². The second kappa shape index (κ2) is 9.38. The molecule has 7 heteroatoms. The molecule has 0 spiro atoms. The molecule has 0 fully saturated rings. The maximum Gasteiger partial charge on any atom is 0.344 e. The Kier molecular flexibility index (Phi) is 5.97. The van der Waals surface area contributed by atoms with Crippen LogP contribution in [-0.2, 0) is 4.74 Å². The molecule has 0 bridgehead atoms. The summed E-state index contributed by atoms with van der Waals surface area (Å²) in [6, 6.07) is 25.9. The third-order valence-corrected chi connectivity index (χ3v) is 5.91. The quantitative estimate of drug-likeness (QED) is 0.330. The van der Waals surface area contributed by atoms with Gasteiger partial charge in [-0.3, -0.25) is 4.79 Å². The van der Waals surface area contributed by atoms with E-state index in [1.165, 1.54) is 0 Å². The molecule has 5 rings (SSSR count). The van der Waals surface area contributed by atoms with Gasteiger partial charge in [0.1, 0.15) is 16.9 Å². The SMILES string of the molecule is CCOC(=O)c1c(NC(=O)c2ccccc2)n(C(C)c2ccccc2)c2nc3ccccc3nc12. The van der Waals surface area contributed by atoms with Crippen LogP contribution in [0.4, 0.5) is 5.82 Å². The topological polar surface area (TPSA) is 86.1 Å². The first-order chi connectivity index (χ1) is 17.1. The van der Waals surface area contributed by atoms with Crippen LogP contribution in [0, 0.1) is 0 Å². The minimum absolute atomic E-state index is 0.187. The lowest BCUT2D eigenvalue weighted by atomic mass is 10.1. The standard InChI is InChI=1S/C28H24N4O3/c1-3-35-28(34)23-24-26(30-22-17-11-10-16-21(22)29-24)32(18(2)19-12-6-4-7-13-19)25(23)31-27(33)20-14-8-5-9-15-20/h4-18H,3H2,1-2H3,(H,31,33). The highest BCUT2D eigenvalue weighted by molar-refractivity contribution is 6.13. The van der Waals surface area contributed by atoms with E-state index in [9.17, 15) is 9.59 Å². The zero-order chi connectivity index (χ0) is 24.4. The fourth-order valence-electron chi connectivity index (χ4n) is 4.21. The maximum atomic E-state index is 13.3. The number of benzene rings is 3. The Morgan fingerprint density at radius 2 is 1.49 bits per heavy atom. The van der Waals surface area contributed by atoms with E-state index in [4.69, 9.17) is 14.7 Å². The number of hydrogen-bond donors (Lipinski definition) is 1. The number of carbonyl (C=O) groups is 2. The van der Waals surface area contributed by atoms with Crippen molar-refractivity contribution in [1.82, 2.24) is 14.5 Å².